The van der Waals surface area contributed by atoms with Gasteiger partial charge in [-0.2, -0.15) is 0 Å². The highest BCUT2D eigenvalue weighted by atomic mass is 35.5. The van der Waals surface area contributed by atoms with Crippen molar-refractivity contribution in [2.45, 2.75) is 35.0 Å². The van der Waals surface area contributed by atoms with Gasteiger partial charge in [-0.25, -0.2) is 0 Å². The fourth-order valence-electron chi connectivity index (χ4n) is 5.03. The molecule has 2 fully saturated rings. The number of carbonyl (C=O) groups is 2. The summed E-state index contributed by atoms with van der Waals surface area (Å²) in [6.07, 6.45) is 1.32. The van der Waals surface area contributed by atoms with Gasteiger partial charge in [-0.1, -0.05) is 53.7 Å². The van der Waals surface area contributed by atoms with Crippen LogP contribution in [0.15, 0.2) is 76.5 Å². The Kier molecular flexibility index (Phi) is 6.25. The molecule has 3 aliphatic rings. The monoisotopic (exact) mass is 520 g/mol. The number of benzene rings is 3. The lowest BCUT2D eigenvalue weighted by atomic mass is 10.0. The molecule has 3 heterocycles. The Morgan fingerprint density at radius 1 is 0.944 bits per heavy atom. The van der Waals surface area contributed by atoms with Gasteiger partial charge in [-0.15, -0.1) is 0 Å². The topological polar surface area (TPSA) is 59.1 Å². The summed E-state index contributed by atoms with van der Waals surface area (Å²) >= 11 is 8.01. The summed E-state index contributed by atoms with van der Waals surface area (Å²) in [4.78, 5) is 32.7. The molecule has 36 heavy (non-hydrogen) atoms. The first-order chi connectivity index (χ1) is 17.5. The summed E-state index contributed by atoms with van der Waals surface area (Å²) in [6, 6.07) is 20.8. The van der Waals surface area contributed by atoms with Gasteiger partial charge in [0.25, 0.3) is 11.8 Å². The van der Waals surface area contributed by atoms with Crippen LogP contribution in [0.5, 0.6) is 0 Å². The highest BCUT2D eigenvalue weighted by molar-refractivity contribution is 7.99. The Labute approximate surface area is 219 Å². The first kappa shape index (κ1) is 23.6. The van der Waals surface area contributed by atoms with Crippen molar-refractivity contribution in [2.75, 3.05) is 31.2 Å². The lowest BCUT2D eigenvalue weighted by Gasteiger charge is -2.37. The SMILES string of the molecule is O=C(c1ccc2c(c1)N(Cc1ccccc1Cl)C(=O)c1ccccc1S2)N1CCC2(CC1)OCCO2. The van der Waals surface area contributed by atoms with Gasteiger partial charge in [0.2, 0.25) is 0 Å². The van der Waals surface area contributed by atoms with Crippen molar-refractivity contribution < 1.29 is 19.1 Å². The fourth-order valence-corrected chi connectivity index (χ4v) is 6.28. The molecule has 2 saturated heterocycles. The molecule has 0 atom stereocenters. The standard InChI is InChI=1S/C28H25ClN2O4S/c29-22-7-3-1-5-20(22)18-31-23-17-19(26(32)30-13-11-28(12-14-30)34-15-16-35-28)9-10-25(23)36-24-8-4-2-6-21(24)27(31)33/h1-10,17H,11-16,18H2. The van der Waals surface area contributed by atoms with E-state index in [0.29, 0.717) is 67.5 Å². The van der Waals surface area contributed by atoms with Crippen LogP contribution in [0.25, 0.3) is 0 Å². The number of halogens is 1. The third-order valence-electron chi connectivity index (χ3n) is 6.99. The molecule has 1 spiro atoms. The van der Waals surface area contributed by atoms with Crippen LogP contribution >= 0.6 is 23.4 Å². The minimum Gasteiger partial charge on any atom is -0.347 e. The van der Waals surface area contributed by atoms with E-state index < -0.39 is 5.79 Å². The summed E-state index contributed by atoms with van der Waals surface area (Å²) < 4.78 is 11.6. The molecular formula is C28H25ClN2O4S. The quantitative estimate of drug-likeness (QED) is 0.448. The molecule has 3 aromatic rings. The van der Waals surface area contributed by atoms with Crippen molar-refractivity contribution in [3.05, 3.63) is 88.4 Å². The molecular weight excluding hydrogens is 496 g/mol. The second-order valence-electron chi connectivity index (χ2n) is 9.16. The van der Waals surface area contributed by atoms with Crippen LogP contribution in [0.2, 0.25) is 5.02 Å². The van der Waals surface area contributed by atoms with Crippen LogP contribution in [0.1, 0.15) is 39.1 Å². The van der Waals surface area contributed by atoms with Crippen LogP contribution in [0, 0.1) is 0 Å². The van der Waals surface area contributed by atoms with E-state index in [1.807, 2.05) is 71.6 Å². The maximum absolute atomic E-state index is 13.8. The van der Waals surface area contributed by atoms with E-state index in [0.717, 1.165) is 15.4 Å². The Morgan fingerprint density at radius 3 is 2.44 bits per heavy atom. The van der Waals surface area contributed by atoms with Gasteiger partial charge in [-0.05, 0) is 42.0 Å². The zero-order chi connectivity index (χ0) is 24.7. The smallest absolute Gasteiger partial charge is 0.259 e. The number of hydrogen-bond acceptors (Lipinski definition) is 5. The molecule has 0 bridgehead atoms. The highest BCUT2D eigenvalue weighted by Gasteiger charge is 2.41. The van der Waals surface area contributed by atoms with Gasteiger partial charge in [0.15, 0.2) is 5.79 Å². The van der Waals surface area contributed by atoms with Crippen LogP contribution in [0.4, 0.5) is 5.69 Å². The Morgan fingerprint density at radius 2 is 1.67 bits per heavy atom. The van der Waals surface area contributed by atoms with Crippen molar-refractivity contribution in [3.63, 3.8) is 0 Å². The molecule has 0 radical (unpaired) electrons. The van der Waals surface area contributed by atoms with E-state index in [-0.39, 0.29) is 11.8 Å². The van der Waals surface area contributed by atoms with Crippen molar-refractivity contribution >= 4 is 40.9 Å². The molecule has 6 nitrogen and oxygen atoms in total. The number of likely N-dealkylation sites (tertiary alicyclic amines) is 1. The molecule has 0 aromatic heterocycles. The normalized spacial score (nSPS) is 18.6. The molecule has 3 aromatic carbocycles. The summed E-state index contributed by atoms with van der Waals surface area (Å²) in [6.45, 7) is 2.65. The van der Waals surface area contributed by atoms with E-state index in [4.69, 9.17) is 21.1 Å². The van der Waals surface area contributed by atoms with Crippen molar-refractivity contribution in [1.29, 1.82) is 0 Å². The molecule has 0 aliphatic carbocycles. The number of fused-ring (bicyclic) bond motifs is 2. The lowest BCUT2D eigenvalue weighted by Crippen LogP contribution is -2.47. The predicted octanol–water partition coefficient (Wildman–Crippen LogP) is 5.63. The third kappa shape index (κ3) is 4.30. The third-order valence-corrected chi connectivity index (χ3v) is 8.50. The Balaban J connectivity index is 1.34. The number of piperidine rings is 1. The number of nitrogens with zero attached hydrogens (tertiary/aromatic N) is 2. The number of rotatable bonds is 3. The van der Waals surface area contributed by atoms with Gasteiger partial charge >= 0.3 is 0 Å². The number of hydrogen-bond donors (Lipinski definition) is 0. The van der Waals surface area contributed by atoms with Crippen LogP contribution in [0.3, 0.4) is 0 Å². The molecule has 2 amide bonds. The molecule has 8 heteroatoms. The number of ether oxygens (including phenoxy) is 2. The van der Waals surface area contributed by atoms with E-state index in [9.17, 15) is 9.59 Å². The fraction of sp³-hybridized carbons (Fsp3) is 0.286. The minimum absolute atomic E-state index is 0.0532. The van der Waals surface area contributed by atoms with E-state index >= 15 is 0 Å². The van der Waals surface area contributed by atoms with E-state index in [2.05, 4.69) is 0 Å². The minimum atomic E-state index is -0.537. The first-order valence-electron chi connectivity index (χ1n) is 12.1. The second kappa shape index (κ2) is 9.56. The number of amides is 2. The van der Waals surface area contributed by atoms with E-state index in [1.54, 1.807) is 16.7 Å². The summed E-state index contributed by atoms with van der Waals surface area (Å²) in [7, 11) is 0. The maximum atomic E-state index is 13.8. The van der Waals surface area contributed by atoms with Crippen molar-refractivity contribution in [2.24, 2.45) is 0 Å². The molecule has 0 unspecified atom stereocenters. The first-order valence-corrected chi connectivity index (χ1v) is 13.3. The van der Waals surface area contributed by atoms with Gasteiger partial charge in [0.1, 0.15) is 0 Å². The Bertz CT molecular complexity index is 1330. The largest absolute Gasteiger partial charge is 0.347 e. The molecule has 0 saturated carbocycles. The van der Waals surface area contributed by atoms with Gasteiger partial charge < -0.3 is 19.3 Å². The average molecular weight is 521 g/mol. The van der Waals surface area contributed by atoms with Crippen LogP contribution in [-0.2, 0) is 16.0 Å². The summed E-state index contributed by atoms with van der Waals surface area (Å²) in [5.41, 5.74) is 2.75. The zero-order valence-corrected chi connectivity index (χ0v) is 21.2. The van der Waals surface area contributed by atoms with Crippen LogP contribution < -0.4 is 4.90 Å². The van der Waals surface area contributed by atoms with Gasteiger partial charge in [0, 0.05) is 46.3 Å². The second-order valence-corrected chi connectivity index (χ2v) is 10.7. The maximum Gasteiger partial charge on any atom is 0.259 e. The summed E-state index contributed by atoms with van der Waals surface area (Å²) in [5, 5.41) is 0.600. The highest BCUT2D eigenvalue weighted by Crippen LogP contribution is 2.43. The van der Waals surface area contributed by atoms with Gasteiger partial charge in [0.05, 0.1) is 31.0 Å². The number of carbonyl (C=O) groups excluding carboxylic acids is 2. The molecule has 184 valence electrons. The van der Waals surface area contributed by atoms with E-state index in [1.165, 1.54) is 0 Å². The summed E-state index contributed by atoms with van der Waals surface area (Å²) in [5.74, 6) is -0.704. The van der Waals surface area contributed by atoms with Crippen LogP contribution in [-0.4, -0.2) is 48.8 Å². The Hall–Kier alpha value is -2.84. The molecule has 3 aliphatic heterocycles. The van der Waals surface area contributed by atoms with Crippen molar-refractivity contribution in [1.82, 2.24) is 4.90 Å². The zero-order valence-electron chi connectivity index (χ0n) is 19.6. The molecule has 0 N–H and O–H groups in total. The average Bonchev–Trinajstić information content (AvgIpc) is 3.32. The molecule has 6 rings (SSSR count). The lowest BCUT2D eigenvalue weighted by molar-refractivity contribution is -0.181. The van der Waals surface area contributed by atoms with Crippen molar-refractivity contribution in [3.8, 4) is 0 Å². The predicted molar refractivity (Wildman–Crippen MR) is 139 cm³/mol. The van der Waals surface area contributed by atoms with Gasteiger partial charge in [-0.3, -0.25) is 9.59 Å². The number of anilines is 1.